The van der Waals surface area contributed by atoms with Crippen LogP contribution in [0, 0.1) is 17.0 Å². The molecule has 7 heteroatoms. The molecule has 0 unspecified atom stereocenters. The molecule has 0 bridgehead atoms. The van der Waals surface area contributed by atoms with Gasteiger partial charge >= 0.3 is 0 Å². The van der Waals surface area contributed by atoms with Gasteiger partial charge in [-0.05, 0) is 48.4 Å². The average molecular weight is 431 g/mol. The lowest BCUT2D eigenvalue weighted by molar-refractivity contribution is -0.384. The van der Waals surface area contributed by atoms with E-state index in [4.69, 9.17) is 15.1 Å². The van der Waals surface area contributed by atoms with Crippen molar-refractivity contribution >= 4 is 28.5 Å². The van der Waals surface area contributed by atoms with Gasteiger partial charge in [0.05, 0.1) is 27.7 Å². The normalized spacial score (nSPS) is 13.3. The third-order valence-corrected chi connectivity index (χ3v) is 5.81. The highest BCUT2D eigenvalue weighted by atomic mass is 16.6. The second kappa shape index (κ2) is 7.20. The monoisotopic (exact) mass is 431 g/mol. The summed E-state index contributed by atoms with van der Waals surface area (Å²) in [6, 6.07) is 24.5. The molecule has 0 radical (unpaired) electrons. The van der Waals surface area contributed by atoms with Gasteiger partial charge in [-0.25, -0.2) is 14.6 Å². The zero-order chi connectivity index (χ0) is 22.5. The molecule has 1 aliphatic rings. The Kier molecular flexibility index (Phi) is 4.16. The molecular formula is C26H17N5O2. The Bertz CT molecular complexity index is 1590. The third kappa shape index (κ3) is 3.02. The molecular weight excluding hydrogens is 414 g/mol. The van der Waals surface area contributed by atoms with Crippen molar-refractivity contribution in [2.75, 3.05) is 0 Å². The maximum atomic E-state index is 11.0. The molecule has 0 aliphatic heterocycles. The number of non-ortho nitro benzene ring substituents is 1. The van der Waals surface area contributed by atoms with Crippen LogP contribution in [0.1, 0.15) is 22.5 Å². The number of benzene rings is 3. The molecule has 2 aromatic heterocycles. The number of hydrogen-bond donors (Lipinski definition) is 0. The van der Waals surface area contributed by atoms with Crippen LogP contribution in [0.3, 0.4) is 0 Å². The van der Waals surface area contributed by atoms with E-state index in [0.29, 0.717) is 5.65 Å². The molecule has 2 heterocycles. The number of nitro groups is 1. The first-order valence-electron chi connectivity index (χ1n) is 10.5. The smallest absolute Gasteiger partial charge is 0.258 e. The number of fused-ring (bicyclic) bond motifs is 4. The third-order valence-electron chi connectivity index (χ3n) is 5.81. The van der Waals surface area contributed by atoms with Crippen molar-refractivity contribution < 1.29 is 4.92 Å². The molecule has 158 valence electrons. The minimum atomic E-state index is -0.396. The molecule has 0 fully saturated rings. The van der Waals surface area contributed by atoms with Crippen molar-refractivity contribution in [3.05, 3.63) is 111 Å². The fourth-order valence-corrected chi connectivity index (χ4v) is 4.24. The Morgan fingerprint density at radius 2 is 1.55 bits per heavy atom. The Balaban J connectivity index is 1.58. The van der Waals surface area contributed by atoms with Crippen molar-refractivity contribution in [3.8, 4) is 16.9 Å². The summed E-state index contributed by atoms with van der Waals surface area (Å²) >= 11 is 0. The molecule has 1 aliphatic carbocycles. The summed E-state index contributed by atoms with van der Waals surface area (Å²) in [5, 5.41) is 15.7. The molecule has 0 atom stereocenters. The molecule has 0 saturated carbocycles. The zero-order valence-corrected chi connectivity index (χ0v) is 17.6. The van der Waals surface area contributed by atoms with E-state index in [1.54, 1.807) is 12.1 Å². The number of rotatable bonds is 3. The Morgan fingerprint density at radius 3 is 2.27 bits per heavy atom. The fourth-order valence-electron chi connectivity index (χ4n) is 4.24. The van der Waals surface area contributed by atoms with Crippen molar-refractivity contribution in [3.63, 3.8) is 0 Å². The minimum absolute atomic E-state index is 0.0647. The van der Waals surface area contributed by atoms with Gasteiger partial charge in [-0.2, -0.15) is 5.10 Å². The Labute approximate surface area is 188 Å². The second-order valence-corrected chi connectivity index (χ2v) is 7.88. The van der Waals surface area contributed by atoms with Crippen molar-refractivity contribution in [2.45, 2.75) is 6.92 Å². The quantitative estimate of drug-likeness (QED) is 0.269. The van der Waals surface area contributed by atoms with Crippen molar-refractivity contribution in [1.82, 2.24) is 19.7 Å². The molecule has 33 heavy (non-hydrogen) atoms. The van der Waals surface area contributed by atoms with Gasteiger partial charge in [0, 0.05) is 23.3 Å². The van der Waals surface area contributed by atoms with Gasteiger partial charge in [0.25, 0.3) is 5.69 Å². The van der Waals surface area contributed by atoms with Crippen LogP contribution in [0.5, 0.6) is 0 Å². The second-order valence-electron chi connectivity index (χ2n) is 7.88. The summed E-state index contributed by atoms with van der Waals surface area (Å²) in [5.74, 6) is 0. The lowest BCUT2D eigenvalue weighted by Gasteiger charge is -2.05. The van der Waals surface area contributed by atoms with Crippen LogP contribution in [-0.2, 0) is 0 Å². The molecule has 7 nitrogen and oxygen atoms in total. The van der Waals surface area contributed by atoms with Crippen LogP contribution in [0.4, 0.5) is 5.69 Å². The van der Waals surface area contributed by atoms with Gasteiger partial charge < -0.3 is 0 Å². The Morgan fingerprint density at radius 1 is 0.848 bits per heavy atom. The van der Waals surface area contributed by atoms with Gasteiger partial charge in [-0.1, -0.05) is 42.5 Å². The van der Waals surface area contributed by atoms with Gasteiger partial charge in [0.15, 0.2) is 5.65 Å². The first kappa shape index (κ1) is 19.1. The molecule has 6 rings (SSSR count). The largest absolute Gasteiger partial charge is 0.269 e. The van der Waals surface area contributed by atoms with Gasteiger partial charge in [-0.3, -0.25) is 10.1 Å². The van der Waals surface area contributed by atoms with Crippen LogP contribution in [0.25, 0.3) is 39.8 Å². The summed E-state index contributed by atoms with van der Waals surface area (Å²) in [6.45, 7) is 1.94. The summed E-state index contributed by atoms with van der Waals surface area (Å²) in [7, 11) is 0. The van der Waals surface area contributed by atoms with Gasteiger partial charge in [0.1, 0.15) is 5.52 Å². The van der Waals surface area contributed by atoms with Gasteiger partial charge in [0.2, 0.25) is 0 Å². The standard InChI is InChI=1S/C26H17N5O2/c1-16-23-26(30(29-16)18-7-3-2-4-8-18)28-24-21-10-6-5-9-20(21)22(25(24)27-23)15-17-11-13-19(14-12-17)31(32)33/h2-15H,1H3/b22-15+. The van der Waals surface area contributed by atoms with Gasteiger partial charge in [-0.15, -0.1) is 0 Å². The topological polar surface area (TPSA) is 86.7 Å². The zero-order valence-electron chi connectivity index (χ0n) is 17.6. The van der Waals surface area contributed by atoms with E-state index >= 15 is 0 Å². The highest BCUT2D eigenvalue weighted by Crippen LogP contribution is 2.44. The fraction of sp³-hybridized carbons (Fsp3) is 0.0385. The molecule has 0 spiro atoms. The first-order chi connectivity index (χ1) is 16.1. The van der Waals surface area contributed by atoms with E-state index < -0.39 is 4.92 Å². The first-order valence-corrected chi connectivity index (χ1v) is 10.5. The molecule has 3 aromatic carbocycles. The van der Waals surface area contributed by atoms with E-state index in [9.17, 15) is 10.1 Å². The van der Waals surface area contributed by atoms with E-state index in [1.165, 1.54) is 12.1 Å². The van der Waals surface area contributed by atoms with Crippen LogP contribution >= 0.6 is 0 Å². The SMILES string of the molecule is Cc1nn(-c2ccccc2)c2nc3c(nc12)/C(=C/c1ccc([N+](=O)[O-])cc1)c1ccccc1-3. The predicted octanol–water partition coefficient (Wildman–Crippen LogP) is 5.60. The number of hydrogen-bond acceptors (Lipinski definition) is 5. The molecule has 0 N–H and O–H groups in total. The number of nitrogens with zero attached hydrogens (tertiary/aromatic N) is 5. The number of aryl methyl sites for hydroxylation is 1. The Hall–Kier alpha value is -4.65. The maximum Gasteiger partial charge on any atom is 0.269 e. The summed E-state index contributed by atoms with van der Waals surface area (Å²) in [5.41, 5.74) is 8.70. The van der Waals surface area contributed by atoms with E-state index in [0.717, 1.165) is 50.5 Å². The van der Waals surface area contributed by atoms with E-state index in [-0.39, 0.29) is 5.69 Å². The molecule has 5 aromatic rings. The predicted molar refractivity (Wildman–Crippen MR) is 127 cm³/mol. The van der Waals surface area contributed by atoms with Crippen LogP contribution < -0.4 is 0 Å². The number of para-hydroxylation sites is 1. The minimum Gasteiger partial charge on any atom is -0.258 e. The average Bonchev–Trinajstić information content (AvgIpc) is 3.33. The summed E-state index contributed by atoms with van der Waals surface area (Å²) < 4.78 is 1.83. The number of aromatic nitrogens is 4. The highest BCUT2D eigenvalue weighted by molar-refractivity contribution is 6.05. The lowest BCUT2D eigenvalue weighted by atomic mass is 10.0. The van der Waals surface area contributed by atoms with Crippen LogP contribution in [-0.4, -0.2) is 24.7 Å². The van der Waals surface area contributed by atoms with Crippen LogP contribution in [0.2, 0.25) is 0 Å². The van der Waals surface area contributed by atoms with E-state index in [2.05, 4.69) is 6.07 Å². The van der Waals surface area contributed by atoms with Crippen molar-refractivity contribution in [1.29, 1.82) is 0 Å². The van der Waals surface area contributed by atoms with E-state index in [1.807, 2.05) is 66.2 Å². The number of nitro benzene ring substituents is 1. The summed E-state index contributed by atoms with van der Waals surface area (Å²) in [6.07, 6.45) is 2.01. The summed E-state index contributed by atoms with van der Waals surface area (Å²) in [4.78, 5) is 20.7. The van der Waals surface area contributed by atoms with Crippen LogP contribution in [0.15, 0.2) is 78.9 Å². The molecule has 0 saturated heterocycles. The lowest BCUT2D eigenvalue weighted by Crippen LogP contribution is -1.99. The van der Waals surface area contributed by atoms with Crippen molar-refractivity contribution in [2.24, 2.45) is 0 Å². The maximum absolute atomic E-state index is 11.0. The molecule has 0 amide bonds. The highest BCUT2D eigenvalue weighted by Gasteiger charge is 2.28.